The summed E-state index contributed by atoms with van der Waals surface area (Å²) in [7, 11) is 0. The highest BCUT2D eigenvalue weighted by Gasteiger charge is 2.44. The summed E-state index contributed by atoms with van der Waals surface area (Å²) < 4.78 is 11.3. The zero-order chi connectivity index (χ0) is 52.9. The maximum Gasteiger partial charge on any atom is 0.220 e. The van der Waals surface area contributed by atoms with Crippen molar-refractivity contribution in [2.45, 2.75) is 288 Å². The molecule has 0 saturated carbocycles. The zero-order valence-corrected chi connectivity index (χ0v) is 46.6. The molecule has 0 spiro atoms. The van der Waals surface area contributed by atoms with E-state index in [1.807, 2.05) is 6.08 Å². The fourth-order valence-electron chi connectivity index (χ4n) is 8.92. The SMILES string of the molecule is CC/C=C\C/C=C\C/C=C\C/C=C\C/C=C\CCCCCCCCCCCCCCCCCCCC(=O)NC(COC1OC(CO)C(O)C(O)C1O)C(O)/C=C/CC/C=C/CC/C=C/CCCCCCCCC. The molecule has 73 heavy (non-hydrogen) atoms. The molecule has 0 aromatic carbocycles. The van der Waals surface area contributed by atoms with Crippen molar-refractivity contribution in [1.29, 1.82) is 0 Å². The van der Waals surface area contributed by atoms with Gasteiger partial charge in [-0.1, -0.05) is 246 Å². The Morgan fingerprint density at radius 3 is 1.32 bits per heavy atom. The van der Waals surface area contributed by atoms with Gasteiger partial charge in [0.15, 0.2) is 6.29 Å². The van der Waals surface area contributed by atoms with Gasteiger partial charge < -0.3 is 40.3 Å². The molecule has 420 valence electrons. The van der Waals surface area contributed by atoms with Crippen LogP contribution in [0.1, 0.15) is 245 Å². The van der Waals surface area contributed by atoms with Gasteiger partial charge in [0, 0.05) is 6.42 Å². The standard InChI is InChI=1S/C64H111NO8/c1-3-5-7-9-11-13-15-17-19-21-22-23-24-25-26-27-28-29-30-31-32-33-34-35-36-38-40-42-44-46-48-50-52-54-60(68)65-57(56-72-64-63(71)62(70)61(69)59(55-66)73-64)58(67)53-51-49-47-45-43-41-39-37-20-18-16-14-12-10-8-6-4-2/h5,7,11,13,17,19-20,22-23,25-26,37,43,45,51,53,57-59,61-64,66-67,69-71H,3-4,6,8-10,12,14-16,18,21,24,27-36,38-42,44,46-50,52,54-56H2,1-2H3,(H,65,68)/b7-5-,13-11-,19-17-,23-22-,26-25-,37-20+,45-43+,53-51+. The van der Waals surface area contributed by atoms with Crippen LogP contribution in [0.25, 0.3) is 0 Å². The number of allylic oxidation sites excluding steroid dienone is 15. The first-order valence-corrected chi connectivity index (χ1v) is 30.0. The van der Waals surface area contributed by atoms with Gasteiger partial charge in [-0.25, -0.2) is 0 Å². The normalized spacial score (nSPS) is 19.8. The van der Waals surface area contributed by atoms with Gasteiger partial charge in [0.1, 0.15) is 24.4 Å². The number of carbonyl (C=O) groups is 1. The first kappa shape index (κ1) is 68.1. The molecule has 0 aromatic rings. The molecule has 1 aliphatic heterocycles. The number of amides is 1. The summed E-state index contributed by atoms with van der Waals surface area (Å²) in [5.41, 5.74) is 0. The molecule has 1 heterocycles. The van der Waals surface area contributed by atoms with E-state index < -0.39 is 49.5 Å². The van der Waals surface area contributed by atoms with Crippen LogP contribution in [0.15, 0.2) is 97.2 Å². The Bertz CT molecular complexity index is 1460. The molecule has 1 saturated heterocycles. The third-order valence-electron chi connectivity index (χ3n) is 13.6. The van der Waals surface area contributed by atoms with Crippen LogP contribution in [0, 0.1) is 0 Å². The molecule has 7 unspecified atom stereocenters. The molecule has 0 aliphatic carbocycles. The third-order valence-corrected chi connectivity index (χ3v) is 13.6. The van der Waals surface area contributed by atoms with E-state index in [0.29, 0.717) is 6.42 Å². The van der Waals surface area contributed by atoms with E-state index in [1.165, 1.54) is 141 Å². The number of carbonyl (C=O) groups excluding carboxylic acids is 1. The van der Waals surface area contributed by atoms with Crippen LogP contribution in [0.3, 0.4) is 0 Å². The molecule has 0 bridgehead atoms. The topological polar surface area (TPSA) is 149 Å². The Hall–Kier alpha value is -2.89. The second-order valence-corrected chi connectivity index (χ2v) is 20.4. The summed E-state index contributed by atoms with van der Waals surface area (Å²) in [6.07, 6.45) is 69.1. The predicted molar refractivity (Wildman–Crippen MR) is 308 cm³/mol. The maximum absolute atomic E-state index is 13.1. The van der Waals surface area contributed by atoms with Crippen LogP contribution in [0.2, 0.25) is 0 Å². The smallest absolute Gasteiger partial charge is 0.220 e. The predicted octanol–water partition coefficient (Wildman–Crippen LogP) is 15.2. The van der Waals surface area contributed by atoms with Crippen LogP contribution in [0.4, 0.5) is 0 Å². The number of nitrogens with one attached hydrogen (secondary N) is 1. The highest BCUT2D eigenvalue weighted by atomic mass is 16.7. The van der Waals surface area contributed by atoms with Crippen LogP contribution in [-0.4, -0.2) is 87.5 Å². The molecule has 9 nitrogen and oxygen atoms in total. The molecule has 0 radical (unpaired) electrons. The second-order valence-electron chi connectivity index (χ2n) is 20.4. The average Bonchev–Trinajstić information content (AvgIpc) is 3.39. The minimum Gasteiger partial charge on any atom is -0.394 e. The highest BCUT2D eigenvalue weighted by Crippen LogP contribution is 2.23. The lowest BCUT2D eigenvalue weighted by Crippen LogP contribution is -2.60. The maximum atomic E-state index is 13.1. The molecular weight excluding hydrogens is 911 g/mol. The Labute approximate surface area is 447 Å². The van der Waals surface area contributed by atoms with Gasteiger partial charge in [-0.05, 0) is 89.9 Å². The number of rotatable bonds is 50. The van der Waals surface area contributed by atoms with Crippen LogP contribution in [0.5, 0.6) is 0 Å². The molecule has 1 rings (SSSR count). The van der Waals surface area contributed by atoms with Crippen molar-refractivity contribution >= 4 is 5.91 Å². The fourth-order valence-corrected chi connectivity index (χ4v) is 8.92. The molecular formula is C64H111NO8. The van der Waals surface area contributed by atoms with Gasteiger partial charge in [0.05, 0.1) is 25.4 Å². The Morgan fingerprint density at radius 2 is 0.863 bits per heavy atom. The van der Waals surface area contributed by atoms with Crippen molar-refractivity contribution < 1.29 is 39.8 Å². The number of aliphatic hydroxyl groups is 5. The average molecular weight is 1020 g/mol. The summed E-state index contributed by atoms with van der Waals surface area (Å²) in [6.45, 7) is 3.64. The van der Waals surface area contributed by atoms with Gasteiger partial charge >= 0.3 is 0 Å². The monoisotopic (exact) mass is 1020 g/mol. The quantitative estimate of drug-likeness (QED) is 0.0261. The van der Waals surface area contributed by atoms with Crippen LogP contribution in [-0.2, 0) is 14.3 Å². The number of hydrogen-bond donors (Lipinski definition) is 6. The Morgan fingerprint density at radius 1 is 0.479 bits per heavy atom. The van der Waals surface area contributed by atoms with Crippen molar-refractivity contribution in [3.05, 3.63) is 97.2 Å². The third kappa shape index (κ3) is 42.0. The molecule has 0 aromatic heterocycles. The van der Waals surface area contributed by atoms with Gasteiger partial charge in [-0.3, -0.25) is 4.79 Å². The second kappa shape index (κ2) is 52.5. The minimum atomic E-state index is -1.58. The van der Waals surface area contributed by atoms with E-state index in [4.69, 9.17) is 9.47 Å². The van der Waals surface area contributed by atoms with E-state index in [1.54, 1.807) is 6.08 Å². The highest BCUT2D eigenvalue weighted by molar-refractivity contribution is 5.76. The number of aliphatic hydroxyl groups excluding tert-OH is 5. The summed E-state index contributed by atoms with van der Waals surface area (Å²) in [6, 6.07) is -0.832. The minimum absolute atomic E-state index is 0.192. The summed E-state index contributed by atoms with van der Waals surface area (Å²) in [4.78, 5) is 13.1. The van der Waals surface area contributed by atoms with E-state index >= 15 is 0 Å². The van der Waals surface area contributed by atoms with E-state index in [2.05, 4.69) is 104 Å². The molecule has 1 amide bonds. The lowest BCUT2D eigenvalue weighted by atomic mass is 9.99. The molecule has 6 N–H and O–H groups in total. The Kier molecular flexibility index (Phi) is 49.0. The lowest BCUT2D eigenvalue weighted by Gasteiger charge is -2.40. The number of hydrogen-bond acceptors (Lipinski definition) is 8. The van der Waals surface area contributed by atoms with E-state index in [0.717, 1.165) is 83.5 Å². The summed E-state index contributed by atoms with van der Waals surface area (Å²) in [5.74, 6) is -0.192. The first-order chi connectivity index (χ1) is 35.8. The van der Waals surface area contributed by atoms with Gasteiger partial charge in [0.25, 0.3) is 0 Å². The van der Waals surface area contributed by atoms with Gasteiger partial charge in [-0.2, -0.15) is 0 Å². The molecule has 1 fully saturated rings. The van der Waals surface area contributed by atoms with Crippen molar-refractivity contribution in [1.82, 2.24) is 5.32 Å². The molecule has 7 atom stereocenters. The summed E-state index contributed by atoms with van der Waals surface area (Å²) in [5, 5.41) is 54.5. The molecule has 9 heteroatoms. The van der Waals surface area contributed by atoms with E-state index in [-0.39, 0.29) is 12.5 Å². The van der Waals surface area contributed by atoms with Crippen molar-refractivity contribution in [2.24, 2.45) is 0 Å². The molecule has 1 aliphatic rings. The summed E-state index contributed by atoms with van der Waals surface area (Å²) >= 11 is 0. The van der Waals surface area contributed by atoms with E-state index in [9.17, 15) is 30.3 Å². The van der Waals surface area contributed by atoms with Crippen molar-refractivity contribution in [3.8, 4) is 0 Å². The Balaban J connectivity index is 2.17. The van der Waals surface area contributed by atoms with Crippen molar-refractivity contribution in [3.63, 3.8) is 0 Å². The van der Waals surface area contributed by atoms with Crippen molar-refractivity contribution in [2.75, 3.05) is 13.2 Å². The van der Waals surface area contributed by atoms with Crippen LogP contribution >= 0.6 is 0 Å². The number of unbranched alkanes of at least 4 members (excludes halogenated alkanes) is 26. The van der Waals surface area contributed by atoms with Gasteiger partial charge in [-0.15, -0.1) is 0 Å². The number of ether oxygens (including phenoxy) is 2. The fraction of sp³-hybridized carbons (Fsp3) is 0.734. The van der Waals surface area contributed by atoms with Gasteiger partial charge in [0.2, 0.25) is 5.91 Å². The zero-order valence-electron chi connectivity index (χ0n) is 46.6. The van der Waals surface area contributed by atoms with Crippen LogP contribution < -0.4 is 5.32 Å². The first-order valence-electron chi connectivity index (χ1n) is 30.0. The largest absolute Gasteiger partial charge is 0.394 e. The lowest BCUT2D eigenvalue weighted by molar-refractivity contribution is -0.302.